The number of benzene rings is 2. The van der Waals surface area contributed by atoms with Crippen LogP contribution in [0.5, 0.6) is 5.75 Å². The highest BCUT2D eigenvalue weighted by molar-refractivity contribution is 8.24. The van der Waals surface area contributed by atoms with E-state index in [1.807, 2.05) is 17.0 Å². The molecule has 14 heteroatoms. The molecule has 41 heavy (non-hydrogen) atoms. The Kier molecular flexibility index (Phi) is 9.63. The molecule has 1 saturated heterocycles. The zero-order valence-corrected chi connectivity index (χ0v) is 25.5. The number of methoxy groups -OCH3 is 1. The van der Waals surface area contributed by atoms with Crippen LogP contribution in [0.4, 0.5) is 28.7 Å². The van der Waals surface area contributed by atoms with E-state index in [0.717, 1.165) is 0 Å². The molecule has 1 aromatic heterocycles. The number of carbonyl (C=O) groups is 1. The molecular formula is C27H34ClN6O5PS. The van der Waals surface area contributed by atoms with Crippen molar-refractivity contribution in [2.24, 2.45) is 0 Å². The fourth-order valence-corrected chi connectivity index (χ4v) is 6.97. The summed E-state index contributed by atoms with van der Waals surface area (Å²) in [5, 5.41) is 6.59. The molecule has 4 rings (SSSR count). The van der Waals surface area contributed by atoms with E-state index >= 15 is 0 Å². The maximum atomic E-state index is 12.8. The SMILES string of the molecule is C=C(CN1CCS(O)(O)CC1)C(=O)Nc1ccc(OC)c(Nc2ncc(N(Cl)c3ccccc3P(C)(C)=O)cn2)c1. The number of rotatable bonds is 10. The maximum Gasteiger partial charge on any atom is 0.252 e. The van der Waals surface area contributed by atoms with E-state index in [1.54, 1.807) is 43.7 Å². The standard InChI is InChI=1S/C27H34ClN6O5PS/c1-19(18-33-11-13-41(37,38)14-12-33)26(35)31-20-9-10-24(39-2)22(15-20)32-27-29-16-21(17-30-27)34(28)23-7-5-6-8-25(23)40(3,4)36/h5-10,15-17,37-38H,1,11-14,18H2,2-4H3,(H,31,35)(H,29,30,32). The van der Waals surface area contributed by atoms with Crippen molar-refractivity contribution in [2.45, 2.75) is 0 Å². The van der Waals surface area contributed by atoms with Gasteiger partial charge in [0.1, 0.15) is 12.9 Å². The van der Waals surface area contributed by atoms with E-state index in [4.69, 9.17) is 16.5 Å². The molecule has 1 aliphatic heterocycles. The van der Waals surface area contributed by atoms with Gasteiger partial charge in [-0.05, 0) is 43.7 Å². The lowest BCUT2D eigenvalue weighted by Crippen LogP contribution is -2.40. The molecule has 1 aliphatic rings. The monoisotopic (exact) mass is 620 g/mol. The highest BCUT2D eigenvalue weighted by atomic mass is 35.5. The van der Waals surface area contributed by atoms with Crippen LogP contribution in [-0.2, 0) is 9.36 Å². The Labute approximate surface area is 246 Å². The van der Waals surface area contributed by atoms with Gasteiger partial charge in [-0.1, -0.05) is 18.7 Å². The van der Waals surface area contributed by atoms with Crippen molar-refractivity contribution in [1.29, 1.82) is 0 Å². The largest absolute Gasteiger partial charge is 0.495 e. The summed E-state index contributed by atoms with van der Waals surface area (Å²) in [4.78, 5) is 23.5. The molecule has 220 valence electrons. The van der Waals surface area contributed by atoms with Crippen molar-refractivity contribution in [3.8, 4) is 5.75 Å². The van der Waals surface area contributed by atoms with Crippen molar-refractivity contribution >= 4 is 69.4 Å². The Hall–Kier alpha value is -3.12. The summed E-state index contributed by atoms with van der Waals surface area (Å²) in [5.74, 6) is 1.04. The molecule has 4 N–H and O–H groups in total. The number of halogens is 1. The summed E-state index contributed by atoms with van der Waals surface area (Å²) in [6.07, 6.45) is 3.08. The Morgan fingerprint density at radius 3 is 2.46 bits per heavy atom. The zero-order valence-electron chi connectivity index (χ0n) is 23.1. The minimum atomic E-state index is -2.58. The third kappa shape index (κ3) is 8.00. The Balaban J connectivity index is 1.43. The summed E-state index contributed by atoms with van der Waals surface area (Å²) >= 11 is 6.59. The van der Waals surface area contributed by atoms with E-state index < -0.39 is 17.7 Å². The first kappa shape index (κ1) is 30.8. The van der Waals surface area contributed by atoms with Gasteiger partial charge >= 0.3 is 0 Å². The van der Waals surface area contributed by atoms with Crippen LogP contribution in [0, 0.1) is 0 Å². The van der Waals surface area contributed by atoms with E-state index in [-0.39, 0.29) is 11.9 Å². The molecule has 0 bridgehead atoms. The van der Waals surface area contributed by atoms with Crippen molar-refractivity contribution < 1.29 is 23.2 Å². The average Bonchev–Trinajstić information content (AvgIpc) is 2.94. The number of amides is 1. The van der Waals surface area contributed by atoms with Crippen molar-refractivity contribution in [3.63, 3.8) is 0 Å². The molecule has 1 amide bonds. The van der Waals surface area contributed by atoms with Gasteiger partial charge in [0, 0.05) is 48.0 Å². The fourth-order valence-electron chi connectivity index (χ4n) is 4.20. The van der Waals surface area contributed by atoms with Gasteiger partial charge in [-0.2, -0.15) is 10.6 Å². The van der Waals surface area contributed by atoms with Gasteiger partial charge in [0.05, 0.1) is 48.1 Å². The Morgan fingerprint density at radius 1 is 1.17 bits per heavy atom. The van der Waals surface area contributed by atoms with Gasteiger partial charge in [-0.25, -0.2) is 14.4 Å². The highest BCUT2D eigenvalue weighted by Crippen LogP contribution is 2.41. The first-order valence-electron chi connectivity index (χ1n) is 12.7. The van der Waals surface area contributed by atoms with Gasteiger partial charge in [-0.3, -0.25) is 18.8 Å². The number of nitrogens with one attached hydrogen (secondary N) is 2. The van der Waals surface area contributed by atoms with Crippen molar-refractivity contribution in [2.75, 3.05) is 66.6 Å². The third-order valence-electron chi connectivity index (χ3n) is 6.45. The second-order valence-electron chi connectivity index (χ2n) is 9.97. The number of anilines is 5. The van der Waals surface area contributed by atoms with Crippen LogP contribution in [0.2, 0.25) is 0 Å². The minimum Gasteiger partial charge on any atom is -0.495 e. The second kappa shape index (κ2) is 12.8. The maximum absolute atomic E-state index is 12.8. The normalized spacial score (nSPS) is 16.0. The van der Waals surface area contributed by atoms with E-state index in [1.165, 1.54) is 23.9 Å². The molecule has 0 radical (unpaired) electrons. The minimum absolute atomic E-state index is 0.269. The lowest BCUT2D eigenvalue weighted by molar-refractivity contribution is -0.113. The van der Waals surface area contributed by atoms with Crippen LogP contribution in [0.3, 0.4) is 0 Å². The quantitative estimate of drug-likeness (QED) is 0.134. The number of ether oxygens (including phenoxy) is 1. The van der Waals surface area contributed by atoms with Gasteiger partial charge in [0.2, 0.25) is 5.95 Å². The lowest BCUT2D eigenvalue weighted by Gasteiger charge is -2.41. The summed E-state index contributed by atoms with van der Waals surface area (Å²) in [6.45, 7) is 8.61. The Bertz CT molecular complexity index is 1460. The summed E-state index contributed by atoms with van der Waals surface area (Å²) < 4.78 is 39.2. The molecule has 0 unspecified atom stereocenters. The Morgan fingerprint density at radius 2 is 1.83 bits per heavy atom. The van der Waals surface area contributed by atoms with Crippen LogP contribution >= 0.6 is 29.5 Å². The van der Waals surface area contributed by atoms with Crippen LogP contribution in [0.15, 0.2) is 67.0 Å². The molecule has 0 spiro atoms. The lowest BCUT2D eigenvalue weighted by atomic mass is 10.2. The molecule has 11 nitrogen and oxygen atoms in total. The fraction of sp³-hybridized carbons (Fsp3) is 0.296. The van der Waals surface area contributed by atoms with Gasteiger partial charge in [0.25, 0.3) is 5.91 Å². The summed E-state index contributed by atoms with van der Waals surface area (Å²) in [5.41, 5.74) is 2.48. The molecule has 0 aliphatic carbocycles. The van der Waals surface area contributed by atoms with Crippen molar-refractivity contribution in [3.05, 3.63) is 67.0 Å². The van der Waals surface area contributed by atoms with Crippen molar-refractivity contribution in [1.82, 2.24) is 14.9 Å². The second-order valence-corrected chi connectivity index (χ2v) is 15.9. The first-order valence-corrected chi connectivity index (χ1v) is 17.5. The molecule has 0 saturated carbocycles. The molecule has 0 atom stereocenters. The summed E-state index contributed by atoms with van der Waals surface area (Å²) in [7, 11) is -3.55. The third-order valence-corrected chi connectivity index (χ3v) is 10.0. The average molecular weight is 621 g/mol. The van der Waals surface area contributed by atoms with Crippen LogP contribution in [0.1, 0.15) is 0 Å². The molecular weight excluding hydrogens is 587 g/mol. The van der Waals surface area contributed by atoms with E-state index in [9.17, 15) is 18.5 Å². The van der Waals surface area contributed by atoms with Gasteiger partial charge in [-0.15, -0.1) is 0 Å². The van der Waals surface area contributed by atoms with Crippen LogP contribution < -0.4 is 25.1 Å². The number of carbonyl (C=O) groups excluding carboxylic acids is 1. The molecule has 2 heterocycles. The van der Waals surface area contributed by atoms with E-state index in [0.29, 0.717) is 70.5 Å². The molecule has 1 fully saturated rings. The van der Waals surface area contributed by atoms with Crippen LogP contribution in [0.25, 0.3) is 0 Å². The number of hydrogen-bond acceptors (Lipinski definition) is 10. The topological polar surface area (TPSA) is 140 Å². The number of aromatic nitrogens is 2. The molecule has 3 aromatic rings. The zero-order chi connectivity index (χ0) is 29.8. The molecule has 2 aromatic carbocycles. The number of para-hydroxylation sites is 1. The van der Waals surface area contributed by atoms with Gasteiger partial charge in [0.15, 0.2) is 0 Å². The predicted molar refractivity (Wildman–Crippen MR) is 169 cm³/mol. The van der Waals surface area contributed by atoms with Crippen LogP contribution in [-0.4, -0.2) is 81.5 Å². The smallest absolute Gasteiger partial charge is 0.252 e. The predicted octanol–water partition coefficient (Wildman–Crippen LogP) is 5.33. The number of hydrogen-bond donors (Lipinski definition) is 4. The van der Waals surface area contributed by atoms with Gasteiger partial charge < -0.3 is 19.9 Å². The first-order chi connectivity index (χ1) is 19.4. The number of nitrogens with zero attached hydrogens (tertiary/aromatic N) is 4. The highest BCUT2D eigenvalue weighted by Gasteiger charge is 2.24. The van der Waals surface area contributed by atoms with E-state index in [2.05, 4.69) is 27.2 Å². The summed E-state index contributed by atoms with van der Waals surface area (Å²) in [6, 6.07) is 12.3.